The summed E-state index contributed by atoms with van der Waals surface area (Å²) < 4.78 is 27.7. The summed E-state index contributed by atoms with van der Waals surface area (Å²) in [6.07, 6.45) is 4.24. The molecule has 0 saturated heterocycles. The Morgan fingerprint density at radius 2 is 1.82 bits per heavy atom. The third kappa shape index (κ3) is 4.18. The molecule has 0 aliphatic rings. The molecule has 0 heterocycles. The number of hydrogen-bond acceptors (Lipinski definition) is 2. The van der Waals surface area contributed by atoms with Gasteiger partial charge in [0.1, 0.15) is 5.82 Å². The zero-order valence-electron chi connectivity index (χ0n) is 8.98. The normalized spacial score (nSPS) is 10.3. The van der Waals surface area contributed by atoms with Crippen LogP contribution < -0.4 is 5.12 Å². The second-order valence-corrected chi connectivity index (χ2v) is 4.13. The van der Waals surface area contributed by atoms with Crippen LogP contribution in [0.25, 0.3) is 0 Å². The van der Waals surface area contributed by atoms with E-state index >= 15 is 0 Å². The first kappa shape index (κ1) is 13.7. The molecule has 0 saturated carbocycles. The average Bonchev–Trinajstić information content (AvgIpc) is 2.35. The van der Waals surface area contributed by atoms with E-state index < -0.39 is 5.82 Å². The summed E-state index contributed by atoms with van der Waals surface area (Å²) in [4.78, 5) is 0. The predicted molar refractivity (Wildman–Crippen MR) is 74.3 cm³/mol. The first-order chi connectivity index (χ1) is 8.04. The molecule has 1 rings (SSSR count). The molecule has 0 aliphatic carbocycles. The van der Waals surface area contributed by atoms with Gasteiger partial charge in [-0.2, -0.15) is 5.12 Å². The number of rotatable bonds is 5. The Balaban J connectivity index is 2.68. The van der Waals surface area contributed by atoms with Gasteiger partial charge in [0.25, 0.3) is 0 Å². The molecule has 0 radical (unpaired) electrons. The molecule has 90 valence electrons. The van der Waals surface area contributed by atoms with Gasteiger partial charge in [-0.25, -0.2) is 4.39 Å². The highest BCUT2D eigenvalue weighted by Crippen LogP contribution is 2.17. The molecule has 0 atom stereocenters. The van der Waals surface area contributed by atoms with Gasteiger partial charge in [-0.3, -0.25) is 3.11 Å². The highest BCUT2D eigenvalue weighted by molar-refractivity contribution is 14.1. The van der Waals surface area contributed by atoms with Crippen molar-refractivity contribution in [3.8, 4) is 0 Å². The van der Waals surface area contributed by atoms with E-state index in [-0.39, 0.29) is 5.69 Å². The summed E-state index contributed by atoms with van der Waals surface area (Å²) in [7, 11) is 0. The Hall–Kier alpha value is -1.37. The summed E-state index contributed by atoms with van der Waals surface area (Å²) in [6.45, 7) is 7.24. The van der Waals surface area contributed by atoms with Crippen LogP contribution >= 0.6 is 22.9 Å². The predicted octanol–water partition coefficient (Wildman–Crippen LogP) is 4.34. The molecule has 1 aromatic rings. The molecular formula is C12H11F2IN2. The topological polar surface area (TPSA) is 6.48 Å². The second kappa shape index (κ2) is 6.39. The summed E-state index contributed by atoms with van der Waals surface area (Å²) in [6, 6.07) is 5.08. The van der Waals surface area contributed by atoms with E-state index in [0.29, 0.717) is 10.8 Å². The monoisotopic (exact) mass is 348 g/mol. The molecule has 0 unspecified atom stereocenters. The minimum absolute atomic E-state index is 0.247. The molecule has 0 amide bonds. The molecule has 17 heavy (non-hydrogen) atoms. The van der Waals surface area contributed by atoms with Crippen molar-refractivity contribution >= 4 is 28.6 Å². The first-order valence-corrected chi connectivity index (χ1v) is 5.66. The number of anilines is 1. The molecule has 0 aromatic heterocycles. The Labute approximate surface area is 113 Å². The van der Waals surface area contributed by atoms with E-state index in [9.17, 15) is 8.87 Å². The van der Waals surface area contributed by atoms with Crippen molar-refractivity contribution in [3.63, 3.8) is 0 Å². The maximum absolute atomic E-state index is 13.5. The number of nitrogens with zero attached hydrogens (tertiary/aromatic N) is 2. The van der Waals surface area contributed by atoms with Crippen LogP contribution in [-0.4, -0.2) is 3.11 Å². The van der Waals surface area contributed by atoms with Crippen molar-refractivity contribution in [2.24, 2.45) is 0 Å². The zero-order chi connectivity index (χ0) is 12.8. The van der Waals surface area contributed by atoms with Crippen molar-refractivity contribution in [2.45, 2.75) is 0 Å². The third-order valence-electron chi connectivity index (χ3n) is 1.91. The van der Waals surface area contributed by atoms with Gasteiger partial charge in [0.15, 0.2) is 0 Å². The second-order valence-electron chi connectivity index (χ2n) is 3.09. The van der Waals surface area contributed by atoms with Gasteiger partial charge in [0.05, 0.1) is 34.8 Å². The van der Waals surface area contributed by atoms with E-state index in [1.807, 2.05) is 22.9 Å². The van der Waals surface area contributed by atoms with Gasteiger partial charge in [-0.15, -0.1) is 0 Å². The van der Waals surface area contributed by atoms with Crippen LogP contribution in [0.2, 0.25) is 0 Å². The van der Waals surface area contributed by atoms with Crippen LogP contribution in [0.15, 0.2) is 61.6 Å². The largest absolute Gasteiger partial charge is 0.289 e. The molecule has 0 bridgehead atoms. The van der Waals surface area contributed by atoms with Crippen LogP contribution in [0.4, 0.5) is 14.6 Å². The minimum atomic E-state index is -0.401. The fourth-order valence-corrected chi connectivity index (χ4v) is 1.31. The molecular weight excluding hydrogens is 337 g/mol. The van der Waals surface area contributed by atoms with Crippen LogP contribution in [0.1, 0.15) is 0 Å². The smallest absolute Gasteiger partial charge is 0.123 e. The van der Waals surface area contributed by atoms with Gasteiger partial charge < -0.3 is 0 Å². The van der Waals surface area contributed by atoms with Crippen LogP contribution in [-0.2, 0) is 0 Å². The molecule has 1 aromatic carbocycles. The minimum Gasteiger partial charge on any atom is -0.289 e. The van der Waals surface area contributed by atoms with Crippen molar-refractivity contribution in [1.82, 2.24) is 3.11 Å². The Morgan fingerprint density at radius 1 is 1.24 bits per heavy atom. The van der Waals surface area contributed by atoms with Crippen molar-refractivity contribution in [3.05, 3.63) is 67.4 Å². The maximum atomic E-state index is 13.5. The lowest BCUT2D eigenvalue weighted by molar-refractivity contribution is 0.495. The SMILES string of the molecule is C=CC(=C)N(I)/C=C\N(F)c1ccc(F)cc1. The highest BCUT2D eigenvalue weighted by atomic mass is 127. The lowest BCUT2D eigenvalue weighted by Crippen LogP contribution is -2.05. The molecule has 2 nitrogen and oxygen atoms in total. The van der Waals surface area contributed by atoms with Crippen LogP contribution in [0.3, 0.4) is 0 Å². The van der Waals surface area contributed by atoms with Crippen LogP contribution in [0.5, 0.6) is 0 Å². The fraction of sp³-hybridized carbons (Fsp3) is 0. The molecule has 5 heteroatoms. The molecule has 0 N–H and O–H groups in total. The Bertz CT molecular complexity index is 429. The quantitative estimate of drug-likeness (QED) is 0.444. The van der Waals surface area contributed by atoms with Gasteiger partial charge in [-0.1, -0.05) is 17.6 Å². The fourth-order valence-electron chi connectivity index (χ4n) is 0.970. The molecule has 0 aliphatic heterocycles. The van der Waals surface area contributed by atoms with Gasteiger partial charge >= 0.3 is 0 Å². The van der Waals surface area contributed by atoms with E-state index in [1.54, 1.807) is 9.19 Å². The third-order valence-corrected chi connectivity index (χ3v) is 2.85. The van der Waals surface area contributed by atoms with E-state index in [0.717, 1.165) is 0 Å². The number of benzene rings is 1. The Morgan fingerprint density at radius 3 is 2.35 bits per heavy atom. The first-order valence-electron chi connectivity index (χ1n) is 4.70. The molecule has 0 fully saturated rings. The van der Waals surface area contributed by atoms with E-state index in [4.69, 9.17) is 0 Å². The number of hydrogen-bond donors (Lipinski definition) is 0. The van der Waals surface area contributed by atoms with Gasteiger partial charge in [-0.05, 0) is 30.3 Å². The lowest BCUT2D eigenvalue weighted by Gasteiger charge is -2.13. The summed E-state index contributed by atoms with van der Waals surface area (Å²) >= 11 is 1.95. The van der Waals surface area contributed by atoms with Crippen molar-refractivity contribution < 1.29 is 8.87 Å². The zero-order valence-corrected chi connectivity index (χ0v) is 11.1. The highest BCUT2D eigenvalue weighted by Gasteiger charge is 2.02. The average molecular weight is 348 g/mol. The van der Waals surface area contributed by atoms with E-state index in [1.165, 1.54) is 36.7 Å². The number of allylic oxidation sites excluding steroid dienone is 1. The summed E-state index contributed by atoms with van der Waals surface area (Å²) in [5.41, 5.74) is 0.881. The number of halogens is 3. The molecule has 0 spiro atoms. The van der Waals surface area contributed by atoms with Gasteiger partial charge in [0.2, 0.25) is 0 Å². The Kier molecular flexibility index (Phi) is 5.14. The summed E-state index contributed by atoms with van der Waals surface area (Å²) in [5.74, 6) is -0.401. The van der Waals surface area contributed by atoms with Crippen LogP contribution in [0, 0.1) is 5.82 Å². The lowest BCUT2D eigenvalue weighted by atomic mass is 10.3. The summed E-state index contributed by atoms with van der Waals surface area (Å²) in [5, 5.41) is 0.390. The maximum Gasteiger partial charge on any atom is 0.123 e. The van der Waals surface area contributed by atoms with E-state index in [2.05, 4.69) is 13.2 Å². The van der Waals surface area contributed by atoms with Gasteiger partial charge in [0, 0.05) is 11.9 Å². The van der Waals surface area contributed by atoms with Crippen molar-refractivity contribution in [1.29, 1.82) is 0 Å². The standard InChI is InChI=1S/C12H11F2IN2/c1-3-10(2)17(15)9-8-16(14)12-6-4-11(13)5-7-12/h3-9H,1-2H2/b9-8-. The van der Waals surface area contributed by atoms with Crippen molar-refractivity contribution in [2.75, 3.05) is 5.12 Å².